The smallest absolute Gasteiger partial charge is 0.269 e. The van der Waals surface area contributed by atoms with Gasteiger partial charge in [-0.2, -0.15) is 5.10 Å². The highest BCUT2D eigenvalue weighted by molar-refractivity contribution is 8.00. The van der Waals surface area contributed by atoms with Gasteiger partial charge in [0.1, 0.15) is 0 Å². The van der Waals surface area contributed by atoms with Crippen molar-refractivity contribution in [1.29, 1.82) is 0 Å². The fraction of sp³-hybridized carbons (Fsp3) is 0.0909. The first-order valence-corrected chi connectivity index (χ1v) is 10.0. The molecule has 0 fully saturated rings. The number of carbonyl (C=O) groups excluding carboxylic acids is 1. The van der Waals surface area contributed by atoms with E-state index in [-0.39, 0.29) is 22.6 Å². The van der Waals surface area contributed by atoms with Gasteiger partial charge >= 0.3 is 0 Å². The van der Waals surface area contributed by atoms with Crippen LogP contribution in [0.5, 0.6) is 0 Å². The van der Waals surface area contributed by atoms with Gasteiger partial charge in [0.05, 0.1) is 22.1 Å². The number of nitro groups is 1. The zero-order valence-electron chi connectivity index (χ0n) is 15.3. The van der Waals surface area contributed by atoms with Gasteiger partial charge in [0, 0.05) is 12.1 Å². The highest BCUT2D eigenvalue weighted by Gasteiger charge is 2.28. The number of rotatable bonds is 6. The zero-order valence-corrected chi connectivity index (χ0v) is 16.1. The number of hydrogen-bond acceptors (Lipinski definition) is 5. The molecule has 0 aliphatic heterocycles. The Morgan fingerprint density at radius 2 is 1.59 bits per heavy atom. The van der Waals surface area contributed by atoms with E-state index >= 15 is 0 Å². The molecule has 1 N–H and O–H groups in total. The molecule has 0 unspecified atom stereocenters. The second kappa shape index (κ2) is 8.28. The van der Waals surface area contributed by atoms with Crippen LogP contribution >= 0.6 is 11.8 Å². The SMILES string of the molecule is O=C(CSC1c2ccccc2-c2ccccc21)NN=Cc1ccc([N+](=O)[O-])cc1. The van der Waals surface area contributed by atoms with Gasteiger partial charge in [-0.25, -0.2) is 5.43 Å². The number of hydrogen-bond donors (Lipinski definition) is 1. The minimum absolute atomic E-state index is 0.0136. The molecule has 0 saturated carbocycles. The van der Waals surface area contributed by atoms with Crippen molar-refractivity contribution in [1.82, 2.24) is 5.43 Å². The third kappa shape index (κ3) is 4.05. The lowest BCUT2D eigenvalue weighted by atomic mass is 10.1. The van der Waals surface area contributed by atoms with Crippen molar-refractivity contribution in [2.75, 3.05) is 5.75 Å². The molecular formula is C22H17N3O3S. The molecule has 7 heteroatoms. The molecule has 1 amide bonds. The Morgan fingerprint density at radius 1 is 1.00 bits per heavy atom. The maximum absolute atomic E-state index is 12.2. The molecule has 3 aromatic carbocycles. The summed E-state index contributed by atoms with van der Waals surface area (Å²) in [4.78, 5) is 22.4. The maximum atomic E-state index is 12.2. The number of hydrazone groups is 1. The van der Waals surface area contributed by atoms with Crippen LogP contribution in [-0.4, -0.2) is 22.8 Å². The van der Waals surface area contributed by atoms with Gasteiger partial charge in [-0.1, -0.05) is 48.5 Å². The summed E-state index contributed by atoms with van der Waals surface area (Å²) in [7, 11) is 0. The topological polar surface area (TPSA) is 84.6 Å². The van der Waals surface area contributed by atoms with Gasteiger partial charge in [-0.15, -0.1) is 11.8 Å². The third-order valence-corrected chi connectivity index (χ3v) is 5.93. The van der Waals surface area contributed by atoms with Gasteiger partial charge in [-0.05, 0) is 39.9 Å². The molecule has 1 aliphatic carbocycles. The average Bonchev–Trinajstić information content (AvgIpc) is 3.06. The third-order valence-electron chi connectivity index (χ3n) is 4.66. The molecular weight excluding hydrogens is 386 g/mol. The molecule has 0 aromatic heterocycles. The molecule has 0 spiro atoms. The Balaban J connectivity index is 1.37. The summed E-state index contributed by atoms with van der Waals surface area (Å²) in [5, 5.41) is 14.7. The van der Waals surface area contributed by atoms with Crippen LogP contribution in [0.1, 0.15) is 21.9 Å². The molecule has 4 rings (SSSR count). The van der Waals surface area contributed by atoms with Crippen molar-refractivity contribution in [3.05, 3.63) is 99.6 Å². The number of fused-ring (bicyclic) bond motifs is 3. The summed E-state index contributed by atoms with van der Waals surface area (Å²) in [6, 6.07) is 22.5. The second-order valence-corrected chi connectivity index (χ2v) is 7.60. The molecule has 0 bridgehead atoms. The molecule has 6 nitrogen and oxygen atoms in total. The molecule has 144 valence electrons. The number of nitro benzene ring substituents is 1. The largest absolute Gasteiger partial charge is 0.272 e. The lowest BCUT2D eigenvalue weighted by molar-refractivity contribution is -0.384. The number of nitrogens with one attached hydrogen (secondary N) is 1. The van der Waals surface area contributed by atoms with Crippen LogP contribution < -0.4 is 5.43 Å². The Hall–Kier alpha value is -3.45. The van der Waals surface area contributed by atoms with Gasteiger partial charge < -0.3 is 0 Å². The number of nitrogens with zero attached hydrogens (tertiary/aromatic N) is 2. The summed E-state index contributed by atoms with van der Waals surface area (Å²) in [6.45, 7) is 0. The number of thioether (sulfide) groups is 1. The number of amides is 1. The maximum Gasteiger partial charge on any atom is 0.269 e. The van der Waals surface area contributed by atoms with E-state index in [1.54, 1.807) is 23.9 Å². The Bertz CT molecular complexity index is 1050. The summed E-state index contributed by atoms with van der Waals surface area (Å²) < 4.78 is 0. The van der Waals surface area contributed by atoms with Crippen molar-refractivity contribution < 1.29 is 9.72 Å². The fourth-order valence-electron chi connectivity index (χ4n) is 3.34. The molecule has 0 heterocycles. The van der Waals surface area contributed by atoms with Crippen LogP contribution in [0, 0.1) is 10.1 Å². The van der Waals surface area contributed by atoms with Crippen molar-refractivity contribution in [2.24, 2.45) is 5.10 Å². The van der Waals surface area contributed by atoms with E-state index in [0.29, 0.717) is 5.56 Å². The van der Waals surface area contributed by atoms with Gasteiger partial charge in [0.2, 0.25) is 5.91 Å². The zero-order chi connectivity index (χ0) is 20.2. The summed E-state index contributed by atoms with van der Waals surface area (Å²) in [6.07, 6.45) is 1.46. The summed E-state index contributed by atoms with van der Waals surface area (Å²) in [5.41, 5.74) is 8.08. The summed E-state index contributed by atoms with van der Waals surface area (Å²) >= 11 is 1.57. The Kier molecular flexibility index (Phi) is 5.39. The molecule has 0 radical (unpaired) electrons. The van der Waals surface area contributed by atoms with E-state index in [1.165, 1.54) is 40.6 Å². The predicted molar refractivity (Wildman–Crippen MR) is 115 cm³/mol. The van der Waals surface area contributed by atoms with Crippen LogP contribution in [0.2, 0.25) is 0 Å². The molecule has 29 heavy (non-hydrogen) atoms. The highest BCUT2D eigenvalue weighted by atomic mass is 32.2. The van der Waals surface area contributed by atoms with E-state index in [9.17, 15) is 14.9 Å². The minimum atomic E-state index is -0.459. The predicted octanol–water partition coefficient (Wildman–Crippen LogP) is 4.55. The van der Waals surface area contributed by atoms with Gasteiger partial charge in [0.25, 0.3) is 5.69 Å². The van der Waals surface area contributed by atoms with Crippen molar-refractivity contribution in [2.45, 2.75) is 5.25 Å². The minimum Gasteiger partial charge on any atom is -0.272 e. The van der Waals surface area contributed by atoms with E-state index in [0.717, 1.165) is 0 Å². The number of carbonyl (C=O) groups is 1. The van der Waals surface area contributed by atoms with Crippen molar-refractivity contribution in [3.8, 4) is 11.1 Å². The normalized spacial score (nSPS) is 12.6. The lowest BCUT2D eigenvalue weighted by Gasteiger charge is -2.12. The van der Waals surface area contributed by atoms with Crippen LogP contribution in [0.4, 0.5) is 5.69 Å². The van der Waals surface area contributed by atoms with E-state index in [1.807, 2.05) is 24.3 Å². The molecule has 3 aromatic rings. The molecule has 0 saturated heterocycles. The lowest BCUT2D eigenvalue weighted by Crippen LogP contribution is -2.20. The van der Waals surface area contributed by atoms with E-state index in [4.69, 9.17) is 0 Å². The molecule has 0 atom stereocenters. The Morgan fingerprint density at radius 3 is 2.17 bits per heavy atom. The van der Waals surface area contributed by atoms with Crippen molar-refractivity contribution >= 4 is 29.6 Å². The molecule has 1 aliphatic rings. The van der Waals surface area contributed by atoms with Gasteiger partial charge in [-0.3, -0.25) is 14.9 Å². The fourth-order valence-corrected chi connectivity index (χ4v) is 4.49. The average molecular weight is 403 g/mol. The number of non-ortho nitro benzene ring substituents is 1. The van der Waals surface area contributed by atoms with Crippen LogP contribution in [0.25, 0.3) is 11.1 Å². The van der Waals surface area contributed by atoms with Crippen molar-refractivity contribution in [3.63, 3.8) is 0 Å². The monoisotopic (exact) mass is 403 g/mol. The van der Waals surface area contributed by atoms with E-state index < -0.39 is 4.92 Å². The second-order valence-electron chi connectivity index (χ2n) is 6.51. The quantitative estimate of drug-likeness (QED) is 0.372. The first kappa shape index (κ1) is 18.9. The van der Waals surface area contributed by atoms with Crippen LogP contribution in [-0.2, 0) is 4.79 Å². The van der Waals surface area contributed by atoms with E-state index in [2.05, 4.69) is 34.8 Å². The van der Waals surface area contributed by atoms with Gasteiger partial charge in [0.15, 0.2) is 0 Å². The first-order valence-electron chi connectivity index (χ1n) is 8.99. The first-order chi connectivity index (χ1) is 14.1. The van der Waals surface area contributed by atoms with Crippen LogP contribution in [0.3, 0.4) is 0 Å². The number of benzene rings is 3. The van der Waals surface area contributed by atoms with Crippen LogP contribution in [0.15, 0.2) is 77.9 Å². The highest BCUT2D eigenvalue weighted by Crippen LogP contribution is 2.49. The summed E-state index contributed by atoms with van der Waals surface area (Å²) in [5.74, 6) is 0.0697. The Labute approximate surface area is 171 Å². The standard InChI is InChI=1S/C22H17N3O3S/c26-21(24-23-13-15-9-11-16(12-10-15)25(27)28)14-29-22-19-7-3-1-5-17(19)18-6-2-4-8-20(18)22/h1-13,22H,14H2,(H,24,26).